The van der Waals surface area contributed by atoms with Gasteiger partial charge in [0.15, 0.2) is 5.89 Å². The summed E-state index contributed by atoms with van der Waals surface area (Å²) in [6, 6.07) is 8.27. The minimum Gasteiger partial charge on any atom is -0.493 e. The summed E-state index contributed by atoms with van der Waals surface area (Å²) >= 11 is 0. The fourth-order valence-corrected chi connectivity index (χ4v) is 3.06. The molecule has 0 radical (unpaired) electrons. The fraction of sp³-hybridized carbons (Fsp3) is 0.500. The molecule has 1 fully saturated rings. The predicted octanol–water partition coefficient (Wildman–Crippen LogP) is 3.58. The highest BCUT2D eigenvalue weighted by Gasteiger charge is 2.21. The largest absolute Gasteiger partial charge is 0.493 e. The van der Waals surface area contributed by atoms with Crippen molar-refractivity contribution in [1.29, 1.82) is 0 Å². The Morgan fingerprint density at radius 3 is 3.05 bits per heavy atom. The maximum Gasteiger partial charge on any atom is 0.191 e. The van der Waals surface area contributed by atoms with Gasteiger partial charge in [-0.05, 0) is 44.0 Å². The molecule has 1 atom stereocenters. The normalized spacial score (nSPS) is 19.3. The number of oxazole rings is 1. The van der Waals surface area contributed by atoms with Crippen LogP contribution >= 0.6 is 0 Å². The number of piperidine rings is 1. The summed E-state index contributed by atoms with van der Waals surface area (Å²) in [5.41, 5.74) is 2.27. The first-order valence-corrected chi connectivity index (χ1v) is 8.02. The molecule has 0 bridgehead atoms. The summed E-state index contributed by atoms with van der Waals surface area (Å²) in [6.45, 7) is 7.84. The summed E-state index contributed by atoms with van der Waals surface area (Å²) in [4.78, 5) is 6.84. The van der Waals surface area contributed by atoms with E-state index in [0.29, 0.717) is 5.92 Å². The second-order valence-corrected chi connectivity index (χ2v) is 6.23. The molecule has 0 spiro atoms. The molecule has 4 heteroatoms. The number of rotatable bonds is 5. The van der Waals surface area contributed by atoms with E-state index < -0.39 is 0 Å². The third-order valence-electron chi connectivity index (χ3n) is 4.13. The van der Waals surface area contributed by atoms with E-state index in [9.17, 15) is 0 Å². The molecule has 2 aromatic rings. The van der Waals surface area contributed by atoms with E-state index >= 15 is 0 Å². The number of aromatic nitrogens is 1. The third-order valence-corrected chi connectivity index (χ3v) is 4.13. The van der Waals surface area contributed by atoms with Crippen LogP contribution in [-0.2, 0) is 6.54 Å². The monoisotopic (exact) mass is 300 g/mol. The Morgan fingerprint density at radius 1 is 1.36 bits per heavy atom. The van der Waals surface area contributed by atoms with Crippen LogP contribution in [-0.4, -0.2) is 29.6 Å². The summed E-state index contributed by atoms with van der Waals surface area (Å²) in [5, 5.41) is 0. The van der Waals surface area contributed by atoms with Crippen molar-refractivity contribution < 1.29 is 9.15 Å². The summed E-state index contributed by atoms with van der Waals surface area (Å²) in [7, 11) is 0. The molecule has 0 amide bonds. The molecule has 4 nitrogen and oxygen atoms in total. The average Bonchev–Trinajstić information content (AvgIpc) is 2.91. The molecule has 2 heterocycles. The van der Waals surface area contributed by atoms with Crippen LogP contribution in [0.3, 0.4) is 0 Å². The number of hydrogen-bond acceptors (Lipinski definition) is 4. The molecule has 0 unspecified atom stereocenters. The Hall–Kier alpha value is -1.81. The lowest BCUT2D eigenvalue weighted by atomic mass is 9.99. The van der Waals surface area contributed by atoms with Crippen LogP contribution in [0.25, 0.3) is 0 Å². The lowest BCUT2D eigenvalue weighted by Gasteiger charge is -2.32. The van der Waals surface area contributed by atoms with Crippen LogP contribution < -0.4 is 4.74 Å². The molecule has 1 saturated heterocycles. The second-order valence-electron chi connectivity index (χ2n) is 6.23. The Labute approximate surface area is 132 Å². The zero-order valence-electron chi connectivity index (χ0n) is 13.4. The average molecular weight is 300 g/mol. The molecule has 1 aromatic carbocycles. The fourth-order valence-electron chi connectivity index (χ4n) is 3.06. The van der Waals surface area contributed by atoms with Gasteiger partial charge in [0.2, 0.25) is 0 Å². The van der Waals surface area contributed by atoms with Crippen LogP contribution in [0, 0.1) is 19.8 Å². The first kappa shape index (κ1) is 15.1. The van der Waals surface area contributed by atoms with Crippen LogP contribution in [0.1, 0.15) is 30.0 Å². The number of likely N-dealkylation sites (tertiary alicyclic amines) is 1. The number of benzene rings is 1. The van der Waals surface area contributed by atoms with E-state index in [4.69, 9.17) is 9.15 Å². The highest BCUT2D eigenvalue weighted by molar-refractivity contribution is 5.27. The molecular weight excluding hydrogens is 276 g/mol. The van der Waals surface area contributed by atoms with Gasteiger partial charge in [-0.1, -0.05) is 12.1 Å². The first-order chi connectivity index (χ1) is 10.7. The molecule has 1 aliphatic rings. The summed E-state index contributed by atoms with van der Waals surface area (Å²) in [5.74, 6) is 2.30. The number of hydrogen-bond donors (Lipinski definition) is 0. The molecule has 118 valence electrons. The topological polar surface area (TPSA) is 38.5 Å². The van der Waals surface area contributed by atoms with Crippen LogP contribution in [0.5, 0.6) is 5.75 Å². The third kappa shape index (κ3) is 4.10. The molecule has 1 aliphatic heterocycles. The standard InChI is InChI=1S/C18H24N2O2/c1-14-5-3-7-18(9-14)22-12-16-6-4-8-20(10-16)11-17-13-21-15(2)19-17/h3,5,7,9,13,16H,4,6,8,10-12H2,1-2H3/t16-/m1/s1. The highest BCUT2D eigenvalue weighted by Crippen LogP contribution is 2.20. The van der Waals surface area contributed by atoms with Crippen molar-refractivity contribution in [2.45, 2.75) is 33.2 Å². The van der Waals surface area contributed by atoms with Gasteiger partial charge < -0.3 is 9.15 Å². The van der Waals surface area contributed by atoms with Gasteiger partial charge in [0.25, 0.3) is 0 Å². The lowest BCUT2D eigenvalue weighted by molar-refractivity contribution is 0.124. The molecule has 22 heavy (non-hydrogen) atoms. The Morgan fingerprint density at radius 2 is 2.27 bits per heavy atom. The molecule has 0 saturated carbocycles. The van der Waals surface area contributed by atoms with Crippen molar-refractivity contribution in [3.05, 3.63) is 47.7 Å². The van der Waals surface area contributed by atoms with E-state index in [1.54, 1.807) is 6.26 Å². The van der Waals surface area contributed by atoms with Gasteiger partial charge in [-0.25, -0.2) is 4.98 Å². The summed E-state index contributed by atoms with van der Waals surface area (Å²) in [6.07, 6.45) is 4.22. The predicted molar refractivity (Wildman–Crippen MR) is 85.9 cm³/mol. The number of nitrogens with zero attached hydrogens (tertiary/aromatic N) is 2. The molecular formula is C18H24N2O2. The van der Waals surface area contributed by atoms with E-state index in [2.05, 4.69) is 28.9 Å². The lowest BCUT2D eigenvalue weighted by Crippen LogP contribution is -2.37. The summed E-state index contributed by atoms with van der Waals surface area (Å²) < 4.78 is 11.3. The second kappa shape index (κ2) is 6.97. The van der Waals surface area contributed by atoms with E-state index in [-0.39, 0.29) is 0 Å². The maximum atomic E-state index is 5.97. The van der Waals surface area contributed by atoms with Gasteiger partial charge in [-0.3, -0.25) is 4.90 Å². The van der Waals surface area contributed by atoms with Crippen LogP contribution in [0.4, 0.5) is 0 Å². The van der Waals surface area contributed by atoms with Crippen molar-refractivity contribution in [2.24, 2.45) is 5.92 Å². The molecule has 0 aliphatic carbocycles. The highest BCUT2D eigenvalue weighted by atomic mass is 16.5. The van der Waals surface area contributed by atoms with Crippen LogP contribution in [0.15, 0.2) is 34.9 Å². The van der Waals surface area contributed by atoms with Crippen molar-refractivity contribution in [3.8, 4) is 5.75 Å². The van der Waals surface area contributed by atoms with Gasteiger partial charge in [0.05, 0.1) is 12.3 Å². The quantitative estimate of drug-likeness (QED) is 0.846. The smallest absolute Gasteiger partial charge is 0.191 e. The molecule has 0 N–H and O–H groups in total. The molecule has 3 rings (SSSR count). The minimum atomic E-state index is 0.585. The van der Waals surface area contributed by atoms with Crippen molar-refractivity contribution in [1.82, 2.24) is 9.88 Å². The Bertz CT molecular complexity index is 609. The van der Waals surface area contributed by atoms with E-state index in [1.807, 2.05) is 19.1 Å². The maximum absolute atomic E-state index is 5.97. The molecule has 1 aromatic heterocycles. The zero-order chi connectivity index (χ0) is 15.4. The Kier molecular flexibility index (Phi) is 4.78. The van der Waals surface area contributed by atoms with Crippen molar-refractivity contribution in [2.75, 3.05) is 19.7 Å². The Balaban J connectivity index is 1.50. The van der Waals surface area contributed by atoms with Gasteiger partial charge in [0, 0.05) is 25.9 Å². The van der Waals surface area contributed by atoms with Gasteiger partial charge in [-0.15, -0.1) is 0 Å². The first-order valence-electron chi connectivity index (χ1n) is 8.02. The van der Waals surface area contributed by atoms with Crippen molar-refractivity contribution >= 4 is 0 Å². The van der Waals surface area contributed by atoms with Gasteiger partial charge in [0.1, 0.15) is 12.0 Å². The number of aryl methyl sites for hydroxylation is 2. The van der Waals surface area contributed by atoms with E-state index in [1.165, 1.54) is 18.4 Å². The van der Waals surface area contributed by atoms with Crippen LogP contribution in [0.2, 0.25) is 0 Å². The number of ether oxygens (including phenoxy) is 1. The zero-order valence-corrected chi connectivity index (χ0v) is 13.4. The van der Waals surface area contributed by atoms with Crippen molar-refractivity contribution in [3.63, 3.8) is 0 Å². The minimum absolute atomic E-state index is 0.585. The SMILES string of the molecule is Cc1cccc(OC[C@@H]2CCCN(Cc3coc(C)n3)C2)c1. The van der Waals surface area contributed by atoms with Gasteiger partial charge in [-0.2, -0.15) is 0 Å². The van der Waals surface area contributed by atoms with Gasteiger partial charge >= 0.3 is 0 Å². The van der Waals surface area contributed by atoms with E-state index in [0.717, 1.165) is 43.6 Å².